The van der Waals surface area contributed by atoms with Crippen LogP contribution >= 0.6 is 0 Å². The molecule has 0 spiro atoms. The standard InChI is InChI=1S/C18H23N3O2/c1-13(2)14-5-7-15(8-6-14)19-18(22)17-11-16(23-20-17)12-21-9-3-4-10-21/h5-8,11,13H,3-4,9-10,12H2,1-2H3,(H,19,22). The zero-order valence-electron chi connectivity index (χ0n) is 13.7. The van der Waals surface area contributed by atoms with Crippen LogP contribution in [0.5, 0.6) is 0 Å². The Labute approximate surface area is 136 Å². The van der Waals surface area contributed by atoms with E-state index in [0.29, 0.717) is 11.6 Å². The van der Waals surface area contributed by atoms with Crippen LogP contribution in [0.1, 0.15) is 54.4 Å². The molecule has 2 aromatic rings. The van der Waals surface area contributed by atoms with Crippen LogP contribution in [0.15, 0.2) is 34.9 Å². The summed E-state index contributed by atoms with van der Waals surface area (Å²) in [6.45, 7) is 7.19. The SMILES string of the molecule is CC(C)c1ccc(NC(=O)c2cc(CN3CCCC3)on2)cc1. The van der Waals surface area contributed by atoms with Crippen molar-refractivity contribution in [3.8, 4) is 0 Å². The molecular weight excluding hydrogens is 290 g/mol. The zero-order chi connectivity index (χ0) is 16.2. The second kappa shape index (κ2) is 6.96. The largest absolute Gasteiger partial charge is 0.359 e. The summed E-state index contributed by atoms with van der Waals surface area (Å²) in [5.74, 6) is 0.981. The van der Waals surface area contributed by atoms with E-state index in [1.165, 1.54) is 18.4 Å². The molecule has 2 heterocycles. The molecule has 1 aromatic carbocycles. The zero-order valence-corrected chi connectivity index (χ0v) is 13.7. The van der Waals surface area contributed by atoms with Gasteiger partial charge in [-0.05, 0) is 49.5 Å². The average molecular weight is 313 g/mol. The number of hydrogen-bond acceptors (Lipinski definition) is 4. The lowest BCUT2D eigenvalue weighted by molar-refractivity contribution is 0.101. The smallest absolute Gasteiger partial charge is 0.277 e. The van der Waals surface area contributed by atoms with Crippen molar-refractivity contribution in [1.29, 1.82) is 0 Å². The fourth-order valence-electron chi connectivity index (χ4n) is 2.80. The van der Waals surface area contributed by atoms with Gasteiger partial charge in [-0.3, -0.25) is 9.69 Å². The topological polar surface area (TPSA) is 58.4 Å². The summed E-state index contributed by atoms with van der Waals surface area (Å²) in [6.07, 6.45) is 2.46. The van der Waals surface area contributed by atoms with Crippen LogP contribution in [-0.2, 0) is 6.54 Å². The van der Waals surface area contributed by atoms with Crippen LogP contribution in [0.3, 0.4) is 0 Å². The number of carbonyl (C=O) groups excluding carboxylic acids is 1. The van der Waals surface area contributed by atoms with Gasteiger partial charge in [-0.15, -0.1) is 0 Å². The Morgan fingerprint density at radius 3 is 2.61 bits per heavy atom. The molecule has 1 aliphatic heterocycles. The molecule has 0 radical (unpaired) electrons. The molecule has 0 bridgehead atoms. The number of amides is 1. The number of rotatable bonds is 5. The Morgan fingerprint density at radius 2 is 1.96 bits per heavy atom. The van der Waals surface area contributed by atoms with Crippen LogP contribution in [0.2, 0.25) is 0 Å². The number of anilines is 1. The number of nitrogens with zero attached hydrogens (tertiary/aromatic N) is 2. The minimum absolute atomic E-state index is 0.237. The van der Waals surface area contributed by atoms with E-state index in [1.807, 2.05) is 24.3 Å². The van der Waals surface area contributed by atoms with E-state index in [0.717, 1.165) is 31.1 Å². The first kappa shape index (κ1) is 15.7. The predicted octanol–water partition coefficient (Wildman–Crippen LogP) is 3.65. The quantitative estimate of drug-likeness (QED) is 0.915. The van der Waals surface area contributed by atoms with Crippen molar-refractivity contribution in [1.82, 2.24) is 10.1 Å². The van der Waals surface area contributed by atoms with Gasteiger partial charge in [-0.2, -0.15) is 0 Å². The number of likely N-dealkylation sites (tertiary alicyclic amines) is 1. The lowest BCUT2D eigenvalue weighted by atomic mass is 10.0. The molecule has 1 fully saturated rings. The second-order valence-corrected chi connectivity index (χ2v) is 6.39. The molecule has 5 heteroatoms. The van der Waals surface area contributed by atoms with Gasteiger partial charge in [0.1, 0.15) is 0 Å². The van der Waals surface area contributed by atoms with Gasteiger partial charge < -0.3 is 9.84 Å². The Bertz CT molecular complexity index is 655. The van der Waals surface area contributed by atoms with E-state index >= 15 is 0 Å². The van der Waals surface area contributed by atoms with Gasteiger partial charge in [0, 0.05) is 11.8 Å². The molecule has 0 unspecified atom stereocenters. The van der Waals surface area contributed by atoms with Gasteiger partial charge in [0.15, 0.2) is 11.5 Å². The lowest BCUT2D eigenvalue weighted by Gasteiger charge is -2.10. The highest BCUT2D eigenvalue weighted by Crippen LogP contribution is 2.18. The molecule has 1 aromatic heterocycles. The fourth-order valence-corrected chi connectivity index (χ4v) is 2.80. The Balaban J connectivity index is 1.60. The molecule has 122 valence electrons. The number of carbonyl (C=O) groups is 1. The van der Waals surface area contributed by atoms with Gasteiger partial charge in [-0.1, -0.05) is 31.1 Å². The maximum Gasteiger partial charge on any atom is 0.277 e. The number of nitrogens with one attached hydrogen (secondary N) is 1. The Hall–Kier alpha value is -2.14. The highest BCUT2D eigenvalue weighted by molar-refractivity contribution is 6.02. The van der Waals surface area contributed by atoms with E-state index < -0.39 is 0 Å². The van der Waals surface area contributed by atoms with Crippen molar-refractivity contribution < 1.29 is 9.32 Å². The second-order valence-electron chi connectivity index (χ2n) is 6.39. The summed E-state index contributed by atoms with van der Waals surface area (Å²) < 4.78 is 5.28. The molecule has 0 atom stereocenters. The lowest BCUT2D eigenvalue weighted by Crippen LogP contribution is -2.18. The predicted molar refractivity (Wildman–Crippen MR) is 89.5 cm³/mol. The van der Waals surface area contributed by atoms with E-state index in [9.17, 15) is 4.79 Å². The Morgan fingerprint density at radius 1 is 1.26 bits per heavy atom. The third kappa shape index (κ3) is 3.99. The van der Waals surface area contributed by atoms with Gasteiger partial charge in [0.2, 0.25) is 0 Å². The minimum atomic E-state index is -0.237. The van der Waals surface area contributed by atoms with Crippen molar-refractivity contribution >= 4 is 11.6 Å². The maximum atomic E-state index is 12.2. The average Bonchev–Trinajstić information content (AvgIpc) is 3.20. The van der Waals surface area contributed by atoms with Crippen molar-refractivity contribution in [2.75, 3.05) is 18.4 Å². The minimum Gasteiger partial charge on any atom is -0.359 e. The molecule has 1 saturated heterocycles. The van der Waals surface area contributed by atoms with Crippen molar-refractivity contribution in [2.24, 2.45) is 0 Å². The molecule has 0 aliphatic carbocycles. The van der Waals surface area contributed by atoms with Crippen LogP contribution in [0, 0.1) is 0 Å². The maximum absolute atomic E-state index is 12.2. The van der Waals surface area contributed by atoms with E-state index in [2.05, 4.69) is 29.2 Å². The van der Waals surface area contributed by atoms with Crippen LogP contribution in [0.25, 0.3) is 0 Å². The molecule has 23 heavy (non-hydrogen) atoms. The molecule has 1 aliphatic rings. The van der Waals surface area contributed by atoms with E-state index in [-0.39, 0.29) is 5.91 Å². The first-order valence-corrected chi connectivity index (χ1v) is 8.21. The highest BCUT2D eigenvalue weighted by atomic mass is 16.5. The molecule has 1 amide bonds. The van der Waals surface area contributed by atoms with Gasteiger partial charge in [0.05, 0.1) is 6.54 Å². The number of aromatic nitrogens is 1. The molecular formula is C18H23N3O2. The summed E-state index contributed by atoms with van der Waals surface area (Å²) in [7, 11) is 0. The first-order valence-electron chi connectivity index (χ1n) is 8.21. The normalized spacial score (nSPS) is 15.3. The Kier molecular flexibility index (Phi) is 4.76. The van der Waals surface area contributed by atoms with Crippen LogP contribution in [-0.4, -0.2) is 29.1 Å². The molecule has 3 rings (SSSR count). The van der Waals surface area contributed by atoms with Crippen LogP contribution in [0.4, 0.5) is 5.69 Å². The third-order valence-corrected chi connectivity index (χ3v) is 4.20. The highest BCUT2D eigenvalue weighted by Gasteiger charge is 2.17. The molecule has 0 saturated carbocycles. The molecule has 5 nitrogen and oxygen atoms in total. The van der Waals surface area contributed by atoms with Crippen LogP contribution < -0.4 is 5.32 Å². The van der Waals surface area contributed by atoms with Gasteiger partial charge >= 0.3 is 0 Å². The van der Waals surface area contributed by atoms with E-state index in [4.69, 9.17) is 4.52 Å². The van der Waals surface area contributed by atoms with Crippen molar-refractivity contribution in [3.63, 3.8) is 0 Å². The number of benzene rings is 1. The fraction of sp³-hybridized carbons (Fsp3) is 0.444. The molecule has 1 N–H and O–H groups in total. The van der Waals surface area contributed by atoms with E-state index in [1.54, 1.807) is 6.07 Å². The summed E-state index contributed by atoms with van der Waals surface area (Å²) in [6, 6.07) is 9.62. The summed E-state index contributed by atoms with van der Waals surface area (Å²) >= 11 is 0. The van der Waals surface area contributed by atoms with Gasteiger partial charge in [-0.25, -0.2) is 0 Å². The summed E-state index contributed by atoms with van der Waals surface area (Å²) in [5.41, 5.74) is 2.34. The summed E-state index contributed by atoms with van der Waals surface area (Å²) in [4.78, 5) is 14.5. The van der Waals surface area contributed by atoms with Gasteiger partial charge in [0.25, 0.3) is 5.91 Å². The van der Waals surface area contributed by atoms with Crippen molar-refractivity contribution in [3.05, 3.63) is 47.3 Å². The first-order chi connectivity index (χ1) is 11.1. The number of hydrogen-bond donors (Lipinski definition) is 1. The third-order valence-electron chi connectivity index (χ3n) is 4.20. The summed E-state index contributed by atoms with van der Waals surface area (Å²) in [5, 5.41) is 6.74. The van der Waals surface area contributed by atoms with Crippen molar-refractivity contribution in [2.45, 2.75) is 39.2 Å². The monoisotopic (exact) mass is 313 g/mol.